The van der Waals surface area contributed by atoms with Gasteiger partial charge >= 0.3 is 0 Å². The number of nitrogens with two attached hydrogens (primary N) is 1. The fourth-order valence-electron chi connectivity index (χ4n) is 2.43. The van der Waals surface area contributed by atoms with Crippen molar-refractivity contribution in [3.05, 3.63) is 65.2 Å². The smallest absolute Gasteiger partial charge is 0.251 e. The molecule has 0 aliphatic rings. The molecule has 0 aromatic heterocycles. The van der Waals surface area contributed by atoms with E-state index >= 15 is 0 Å². The van der Waals surface area contributed by atoms with Crippen molar-refractivity contribution < 1.29 is 4.79 Å². The Labute approximate surface area is 178 Å². The highest BCUT2D eigenvalue weighted by Crippen LogP contribution is 2.10. The zero-order chi connectivity index (χ0) is 18.8. The molecule has 2 aromatic carbocycles. The normalized spacial score (nSPS) is 10.8. The summed E-state index contributed by atoms with van der Waals surface area (Å²) in [7, 11) is 0. The van der Waals surface area contributed by atoms with Gasteiger partial charge in [0.05, 0.1) is 6.54 Å². The van der Waals surface area contributed by atoms with Gasteiger partial charge in [-0.05, 0) is 48.2 Å². The van der Waals surface area contributed by atoms with Gasteiger partial charge in [0, 0.05) is 17.8 Å². The molecule has 0 aliphatic carbocycles. The van der Waals surface area contributed by atoms with Gasteiger partial charge in [0.25, 0.3) is 5.91 Å². The van der Waals surface area contributed by atoms with Crippen molar-refractivity contribution in [1.29, 1.82) is 0 Å². The molecule has 0 unspecified atom stereocenters. The van der Waals surface area contributed by atoms with E-state index in [0.29, 0.717) is 24.6 Å². The van der Waals surface area contributed by atoms with Gasteiger partial charge < -0.3 is 16.4 Å². The van der Waals surface area contributed by atoms with Crippen molar-refractivity contribution in [3.8, 4) is 0 Å². The number of anilines is 1. The second-order valence-electron chi connectivity index (χ2n) is 6.18. The lowest BCUT2D eigenvalue weighted by Gasteiger charge is -2.07. The van der Waals surface area contributed by atoms with Crippen molar-refractivity contribution in [2.75, 3.05) is 11.9 Å². The maximum Gasteiger partial charge on any atom is 0.251 e. The van der Waals surface area contributed by atoms with Crippen molar-refractivity contribution in [2.45, 2.75) is 39.7 Å². The van der Waals surface area contributed by atoms with Gasteiger partial charge in [0.1, 0.15) is 0 Å². The number of benzene rings is 2. The molecule has 0 atom stereocenters. The highest BCUT2D eigenvalue weighted by molar-refractivity contribution is 14.0. The number of hydrogen-bond acceptors (Lipinski definition) is 2. The lowest BCUT2D eigenvalue weighted by molar-refractivity contribution is 0.0953. The molecule has 1 amide bonds. The van der Waals surface area contributed by atoms with E-state index < -0.39 is 0 Å². The van der Waals surface area contributed by atoms with E-state index in [9.17, 15) is 4.79 Å². The maximum atomic E-state index is 12.0. The molecule has 0 saturated carbocycles. The van der Waals surface area contributed by atoms with E-state index in [1.54, 1.807) is 0 Å². The number of halogens is 1. The topological polar surface area (TPSA) is 79.5 Å². The summed E-state index contributed by atoms with van der Waals surface area (Å²) in [6, 6.07) is 15.6. The van der Waals surface area contributed by atoms with E-state index in [1.165, 1.54) is 5.56 Å². The molecule has 6 heteroatoms. The SMILES string of the molecule is CCCCNC(=O)c1ccc(CN=C(N)Nc2ccc(CC)cc2)cc1.I. The van der Waals surface area contributed by atoms with Crippen LogP contribution in [0.3, 0.4) is 0 Å². The summed E-state index contributed by atoms with van der Waals surface area (Å²) in [6.45, 7) is 5.40. The standard InChI is InChI=1S/C21H28N4O.HI/c1-3-5-14-23-20(26)18-10-6-17(7-11-18)15-24-21(22)25-19-12-8-16(4-2)9-13-19;/h6-13H,3-5,14-15H2,1-2H3,(H,23,26)(H3,22,24,25);1H. The maximum absolute atomic E-state index is 12.0. The fourth-order valence-corrected chi connectivity index (χ4v) is 2.43. The Balaban J connectivity index is 0.00000364. The van der Waals surface area contributed by atoms with Crippen molar-refractivity contribution in [2.24, 2.45) is 10.7 Å². The molecule has 0 saturated heterocycles. The van der Waals surface area contributed by atoms with E-state index in [-0.39, 0.29) is 29.9 Å². The third kappa shape index (κ3) is 7.99. The zero-order valence-electron chi connectivity index (χ0n) is 16.0. The first kappa shape index (κ1) is 23.0. The Bertz CT molecular complexity index is 727. The van der Waals surface area contributed by atoms with Crippen LogP contribution < -0.4 is 16.4 Å². The zero-order valence-corrected chi connectivity index (χ0v) is 18.3. The Hall–Kier alpha value is -2.09. The van der Waals surface area contributed by atoms with Gasteiger partial charge in [-0.15, -0.1) is 24.0 Å². The van der Waals surface area contributed by atoms with E-state index in [1.807, 2.05) is 36.4 Å². The molecule has 0 radical (unpaired) electrons. The summed E-state index contributed by atoms with van der Waals surface area (Å²) < 4.78 is 0. The molecule has 0 aliphatic heterocycles. The molecular weight excluding hydrogens is 451 g/mol. The minimum absolute atomic E-state index is 0. The van der Waals surface area contributed by atoms with Crippen molar-refractivity contribution in [1.82, 2.24) is 5.32 Å². The minimum atomic E-state index is -0.0368. The first-order valence-corrected chi connectivity index (χ1v) is 9.15. The number of carbonyl (C=O) groups is 1. The quantitative estimate of drug-likeness (QED) is 0.228. The Morgan fingerprint density at radius 1 is 1.00 bits per heavy atom. The van der Waals surface area contributed by atoms with E-state index in [0.717, 1.165) is 30.5 Å². The van der Waals surface area contributed by atoms with Crippen LogP contribution >= 0.6 is 24.0 Å². The number of hydrogen-bond donors (Lipinski definition) is 3. The molecule has 2 rings (SSSR count). The number of guanidine groups is 1. The molecule has 0 fully saturated rings. The van der Waals surface area contributed by atoms with Crippen LogP contribution in [0.15, 0.2) is 53.5 Å². The van der Waals surface area contributed by atoms with Crippen LogP contribution in [0.25, 0.3) is 0 Å². The number of nitrogens with one attached hydrogen (secondary N) is 2. The first-order valence-electron chi connectivity index (χ1n) is 9.15. The fraction of sp³-hybridized carbons (Fsp3) is 0.333. The second-order valence-corrected chi connectivity index (χ2v) is 6.18. The van der Waals surface area contributed by atoms with Crippen LogP contribution in [-0.2, 0) is 13.0 Å². The predicted octanol–water partition coefficient (Wildman–Crippen LogP) is 4.32. The highest BCUT2D eigenvalue weighted by atomic mass is 127. The molecular formula is C21H29IN4O. The van der Waals surface area contributed by atoms with Crippen LogP contribution in [-0.4, -0.2) is 18.4 Å². The third-order valence-electron chi connectivity index (χ3n) is 4.10. The average molecular weight is 480 g/mol. The molecule has 0 spiro atoms. The molecule has 0 bridgehead atoms. The molecule has 2 aromatic rings. The first-order chi connectivity index (χ1) is 12.6. The summed E-state index contributed by atoms with van der Waals surface area (Å²) >= 11 is 0. The molecule has 0 heterocycles. The largest absolute Gasteiger partial charge is 0.370 e. The highest BCUT2D eigenvalue weighted by Gasteiger charge is 2.04. The van der Waals surface area contributed by atoms with Crippen molar-refractivity contribution in [3.63, 3.8) is 0 Å². The van der Waals surface area contributed by atoms with Gasteiger partial charge in [0.2, 0.25) is 0 Å². The number of aryl methyl sites for hydroxylation is 1. The lowest BCUT2D eigenvalue weighted by atomic mass is 10.1. The van der Waals surface area contributed by atoms with Gasteiger partial charge in [0.15, 0.2) is 5.96 Å². The summed E-state index contributed by atoms with van der Waals surface area (Å²) in [4.78, 5) is 16.3. The summed E-state index contributed by atoms with van der Waals surface area (Å²) in [5, 5.41) is 5.99. The number of carbonyl (C=O) groups excluding carboxylic acids is 1. The monoisotopic (exact) mass is 480 g/mol. The molecule has 5 nitrogen and oxygen atoms in total. The van der Waals surface area contributed by atoms with Crippen LogP contribution in [0.5, 0.6) is 0 Å². The van der Waals surface area contributed by atoms with E-state index in [4.69, 9.17) is 5.73 Å². The second kappa shape index (κ2) is 12.3. The van der Waals surface area contributed by atoms with Crippen LogP contribution in [0.1, 0.15) is 48.2 Å². The molecule has 27 heavy (non-hydrogen) atoms. The minimum Gasteiger partial charge on any atom is -0.370 e. The van der Waals surface area contributed by atoms with E-state index in [2.05, 4.69) is 41.6 Å². The number of rotatable bonds is 8. The van der Waals surface area contributed by atoms with Crippen molar-refractivity contribution >= 4 is 41.5 Å². The average Bonchev–Trinajstić information content (AvgIpc) is 2.67. The lowest BCUT2D eigenvalue weighted by Crippen LogP contribution is -2.24. The summed E-state index contributed by atoms with van der Waals surface area (Å²) in [6.07, 6.45) is 3.07. The van der Waals surface area contributed by atoms with Gasteiger partial charge in [-0.3, -0.25) is 4.79 Å². The Morgan fingerprint density at radius 2 is 1.63 bits per heavy atom. The summed E-state index contributed by atoms with van der Waals surface area (Å²) in [5.41, 5.74) is 9.81. The van der Waals surface area contributed by atoms with Gasteiger partial charge in [-0.25, -0.2) is 4.99 Å². The van der Waals surface area contributed by atoms with Crippen LogP contribution in [0.4, 0.5) is 5.69 Å². The number of amides is 1. The number of nitrogens with zero attached hydrogens (tertiary/aromatic N) is 1. The number of unbranched alkanes of at least 4 members (excludes halogenated alkanes) is 1. The van der Waals surface area contributed by atoms with Gasteiger partial charge in [-0.1, -0.05) is 44.5 Å². The Kier molecular flexibility index (Phi) is 10.5. The third-order valence-corrected chi connectivity index (χ3v) is 4.10. The molecule has 4 N–H and O–H groups in total. The summed E-state index contributed by atoms with van der Waals surface area (Å²) in [5.74, 6) is 0.334. The molecule has 146 valence electrons. The number of aliphatic imine (C=N–C) groups is 1. The van der Waals surface area contributed by atoms with Crippen LogP contribution in [0, 0.1) is 0 Å². The van der Waals surface area contributed by atoms with Gasteiger partial charge in [-0.2, -0.15) is 0 Å². The Morgan fingerprint density at radius 3 is 2.22 bits per heavy atom. The predicted molar refractivity (Wildman–Crippen MR) is 124 cm³/mol. The van der Waals surface area contributed by atoms with Crippen LogP contribution in [0.2, 0.25) is 0 Å².